The molecule has 0 aliphatic rings. The molecule has 1 aromatic carbocycles. The SMILES string of the molecule is COc1cccc(CO)c1C=O. The van der Waals surface area contributed by atoms with E-state index in [-0.39, 0.29) is 6.61 Å². The van der Waals surface area contributed by atoms with Crippen LogP contribution in [0.3, 0.4) is 0 Å². The van der Waals surface area contributed by atoms with Crippen molar-refractivity contribution in [3.8, 4) is 5.75 Å². The van der Waals surface area contributed by atoms with Gasteiger partial charge in [-0.05, 0) is 11.6 Å². The Morgan fingerprint density at radius 2 is 2.33 bits per heavy atom. The van der Waals surface area contributed by atoms with Gasteiger partial charge in [-0.25, -0.2) is 0 Å². The summed E-state index contributed by atoms with van der Waals surface area (Å²) in [7, 11) is 1.49. The van der Waals surface area contributed by atoms with Crippen molar-refractivity contribution in [2.75, 3.05) is 7.11 Å². The van der Waals surface area contributed by atoms with Crippen molar-refractivity contribution in [1.82, 2.24) is 0 Å². The van der Waals surface area contributed by atoms with Crippen LogP contribution in [0.1, 0.15) is 15.9 Å². The molecule has 12 heavy (non-hydrogen) atoms. The van der Waals surface area contributed by atoms with E-state index in [0.717, 1.165) is 0 Å². The number of aliphatic hydroxyl groups excluding tert-OH is 1. The molecule has 0 atom stereocenters. The number of methoxy groups -OCH3 is 1. The third-order valence-corrected chi connectivity index (χ3v) is 1.66. The van der Waals surface area contributed by atoms with Gasteiger partial charge < -0.3 is 9.84 Å². The van der Waals surface area contributed by atoms with Gasteiger partial charge in [0, 0.05) is 0 Å². The molecule has 1 N–H and O–H groups in total. The predicted octanol–water partition coefficient (Wildman–Crippen LogP) is 1.00. The molecule has 0 spiro atoms. The number of carbonyl (C=O) groups is 1. The maximum absolute atomic E-state index is 10.6. The van der Waals surface area contributed by atoms with E-state index in [1.165, 1.54) is 7.11 Å². The lowest BCUT2D eigenvalue weighted by molar-refractivity contribution is 0.111. The number of hydrogen-bond acceptors (Lipinski definition) is 3. The molecule has 1 rings (SSSR count). The van der Waals surface area contributed by atoms with E-state index in [2.05, 4.69) is 0 Å². The van der Waals surface area contributed by atoms with Crippen molar-refractivity contribution in [1.29, 1.82) is 0 Å². The fraction of sp³-hybridized carbons (Fsp3) is 0.222. The van der Waals surface area contributed by atoms with Crippen molar-refractivity contribution >= 4 is 6.29 Å². The van der Waals surface area contributed by atoms with Crippen LogP contribution in [-0.2, 0) is 6.61 Å². The van der Waals surface area contributed by atoms with Crippen LogP contribution in [0.2, 0.25) is 0 Å². The molecule has 0 amide bonds. The van der Waals surface area contributed by atoms with E-state index in [1.807, 2.05) is 0 Å². The lowest BCUT2D eigenvalue weighted by Crippen LogP contribution is -1.96. The van der Waals surface area contributed by atoms with Gasteiger partial charge in [-0.15, -0.1) is 0 Å². The topological polar surface area (TPSA) is 46.5 Å². The molecule has 0 aliphatic heterocycles. The smallest absolute Gasteiger partial charge is 0.154 e. The van der Waals surface area contributed by atoms with Crippen molar-refractivity contribution in [3.05, 3.63) is 29.3 Å². The zero-order valence-corrected chi connectivity index (χ0v) is 6.78. The second-order valence-electron chi connectivity index (χ2n) is 2.31. The normalized spacial score (nSPS) is 9.50. The minimum absolute atomic E-state index is 0.148. The van der Waals surface area contributed by atoms with Crippen LogP contribution < -0.4 is 4.74 Å². The Labute approximate surface area is 70.6 Å². The molecule has 0 heterocycles. The number of ether oxygens (including phenoxy) is 1. The molecule has 0 saturated carbocycles. The first kappa shape index (κ1) is 8.74. The van der Waals surface area contributed by atoms with E-state index in [4.69, 9.17) is 9.84 Å². The van der Waals surface area contributed by atoms with Crippen molar-refractivity contribution < 1.29 is 14.6 Å². The van der Waals surface area contributed by atoms with Crippen LogP contribution in [0, 0.1) is 0 Å². The molecule has 3 nitrogen and oxygen atoms in total. The quantitative estimate of drug-likeness (QED) is 0.681. The molecular weight excluding hydrogens is 156 g/mol. The largest absolute Gasteiger partial charge is 0.496 e. The highest BCUT2D eigenvalue weighted by Gasteiger charge is 2.05. The van der Waals surface area contributed by atoms with Crippen LogP contribution in [-0.4, -0.2) is 18.5 Å². The summed E-state index contributed by atoms with van der Waals surface area (Å²) in [5, 5.41) is 8.86. The van der Waals surface area contributed by atoms with Gasteiger partial charge in [0.2, 0.25) is 0 Å². The minimum atomic E-state index is -0.148. The van der Waals surface area contributed by atoms with E-state index in [1.54, 1.807) is 18.2 Å². The predicted molar refractivity (Wildman–Crippen MR) is 44.3 cm³/mol. The van der Waals surface area contributed by atoms with Crippen LogP contribution >= 0.6 is 0 Å². The average Bonchev–Trinajstić information content (AvgIpc) is 2.16. The fourth-order valence-electron chi connectivity index (χ4n) is 1.04. The molecule has 64 valence electrons. The van der Waals surface area contributed by atoms with Gasteiger partial charge in [-0.3, -0.25) is 4.79 Å². The Hall–Kier alpha value is -1.35. The Bertz CT molecular complexity index is 259. The second kappa shape index (κ2) is 3.88. The van der Waals surface area contributed by atoms with E-state index in [0.29, 0.717) is 23.2 Å². The molecule has 0 saturated heterocycles. The second-order valence-corrected chi connectivity index (χ2v) is 2.31. The maximum atomic E-state index is 10.6. The van der Waals surface area contributed by atoms with Crippen LogP contribution in [0.5, 0.6) is 5.75 Å². The molecular formula is C9H10O3. The monoisotopic (exact) mass is 166 g/mol. The van der Waals surface area contributed by atoms with Crippen LogP contribution in [0.15, 0.2) is 18.2 Å². The maximum Gasteiger partial charge on any atom is 0.154 e. The van der Waals surface area contributed by atoms with Gasteiger partial charge in [0.15, 0.2) is 6.29 Å². The molecule has 0 radical (unpaired) electrons. The van der Waals surface area contributed by atoms with Gasteiger partial charge in [-0.2, -0.15) is 0 Å². The average molecular weight is 166 g/mol. The van der Waals surface area contributed by atoms with Crippen molar-refractivity contribution in [3.63, 3.8) is 0 Å². The summed E-state index contributed by atoms with van der Waals surface area (Å²) in [5.74, 6) is 0.497. The zero-order valence-electron chi connectivity index (χ0n) is 6.78. The number of aldehydes is 1. The Morgan fingerprint density at radius 3 is 2.83 bits per heavy atom. The van der Waals surface area contributed by atoms with Gasteiger partial charge in [-0.1, -0.05) is 12.1 Å². The van der Waals surface area contributed by atoms with Crippen LogP contribution in [0.25, 0.3) is 0 Å². The minimum Gasteiger partial charge on any atom is -0.496 e. The molecule has 0 aromatic heterocycles. The van der Waals surface area contributed by atoms with Crippen molar-refractivity contribution in [2.45, 2.75) is 6.61 Å². The summed E-state index contributed by atoms with van der Waals surface area (Å²) >= 11 is 0. The molecule has 0 fully saturated rings. The third kappa shape index (κ3) is 1.46. The summed E-state index contributed by atoms with van der Waals surface area (Å²) in [6.45, 7) is -0.148. The van der Waals surface area contributed by atoms with Gasteiger partial charge in [0.05, 0.1) is 19.3 Å². The highest BCUT2D eigenvalue weighted by atomic mass is 16.5. The summed E-state index contributed by atoms with van der Waals surface area (Å²) in [6, 6.07) is 5.10. The number of benzene rings is 1. The lowest BCUT2D eigenvalue weighted by atomic mass is 10.1. The number of hydrogen-bond donors (Lipinski definition) is 1. The van der Waals surface area contributed by atoms with E-state index in [9.17, 15) is 4.79 Å². The molecule has 0 bridgehead atoms. The number of carbonyl (C=O) groups excluding carboxylic acids is 1. The van der Waals surface area contributed by atoms with Gasteiger partial charge in [0.1, 0.15) is 5.75 Å². The molecule has 1 aromatic rings. The van der Waals surface area contributed by atoms with Crippen molar-refractivity contribution in [2.24, 2.45) is 0 Å². The fourth-order valence-corrected chi connectivity index (χ4v) is 1.04. The highest BCUT2D eigenvalue weighted by molar-refractivity contribution is 5.81. The number of aliphatic hydroxyl groups is 1. The third-order valence-electron chi connectivity index (χ3n) is 1.66. The Morgan fingerprint density at radius 1 is 1.58 bits per heavy atom. The zero-order chi connectivity index (χ0) is 8.97. The Kier molecular flexibility index (Phi) is 2.82. The Balaban J connectivity index is 3.21. The number of rotatable bonds is 3. The first-order valence-corrected chi connectivity index (χ1v) is 3.55. The summed E-state index contributed by atoms with van der Waals surface area (Å²) in [5.41, 5.74) is 1.01. The van der Waals surface area contributed by atoms with E-state index >= 15 is 0 Å². The van der Waals surface area contributed by atoms with Crippen LogP contribution in [0.4, 0.5) is 0 Å². The molecule has 3 heteroatoms. The van der Waals surface area contributed by atoms with Gasteiger partial charge >= 0.3 is 0 Å². The summed E-state index contributed by atoms with van der Waals surface area (Å²) in [6.07, 6.45) is 0.685. The first-order chi connectivity index (χ1) is 5.83. The lowest BCUT2D eigenvalue weighted by Gasteiger charge is -2.05. The standard InChI is InChI=1S/C9H10O3/c1-12-9-4-2-3-7(5-10)8(9)6-11/h2-4,6,10H,5H2,1H3. The van der Waals surface area contributed by atoms with Gasteiger partial charge in [0.25, 0.3) is 0 Å². The summed E-state index contributed by atoms with van der Waals surface area (Å²) < 4.78 is 4.94. The molecule has 0 aliphatic carbocycles. The molecule has 0 unspecified atom stereocenters. The first-order valence-electron chi connectivity index (χ1n) is 3.55. The van der Waals surface area contributed by atoms with E-state index < -0.39 is 0 Å². The summed E-state index contributed by atoms with van der Waals surface area (Å²) in [4.78, 5) is 10.6. The highest BCUT2D eigenvalue weighted by Crippen LogP contribution is 2.19.